The molecule has 0 spiro atoms. The molecule has 0 fully saturated rings. The normalized spacial score (nSPS) is 18.2. The number of carbonyl (C=O) groups is 1. The third-order valence-electron chi connectivity index (χ3n) is 5.76. The molecule has 0 radical (unpaired) electrons. The molecule has 1 unspecified atom stereocenters. The Hall–Kier alpha value is -2.90. The maximum absolute atomic E-state index is 14.6. The van der Waals surface area contributed by atoms with Crippen molar-refractivity contribution in [3.8, 4) is 0 Å². The van der Waals surface area contributed by atoms with E-state index in [-0.39, 0.29) is 29.0 Å². The minimum absolute atomic E-state index is 0.0914. The zero-order valence-corrected chi connectivity index (χ0v) is 17.8. The van der Waals surface area contributed by atoms with Gasteiger partial charge in [-0.05, 0) is 55.5 Å². The van der Waals surface area contributed by atoms with E-state index in [0.717, 1.165) is 29.8 Å². The summed E-state index contributed by atoms with van der Waals surface area (Å²) in [4.78, 5) is 14.1. The first-order valence-electron chi connectivity index (χ1n) is 9.94. The Balaban J connectivity index is 1.71. The van der Waals surface area contributed by atoms with Crippen LogP contribution in [0.15, 0.2) is 41.5 Å². The van der Waals surface area contributed by atoms with Gasteiger partial charge in [-0.25, -0.2) is 9.82 Å². The van der Waals surface area contributed by atoms with Crippen molar-refractivity contribution in [2.24, 2.45) is 5.10 Å². The van der Waals surface area contributed by atoms with E-state index in [1.165, 1.54) is 24.4 Å². The highest BCUT2D eigenvalue weighted by Crippen LogP contribution is 2.43. The number of hydrogen-bond acceptors (Lipinski definition) is 3. The summed E-state index contributed by atoms with van der Waals surface area (Å²) in [7, 11) is 1.94. The van der Waals surface area contributed by atoms with E-state index in [2.05, 4.69) is 36.2 Å². The van der Waals surface area contributed by atoms with Gasteiger partial charge in [0, 0.05) is 23.8 Å². The van der Waals surface area contributed by atoms with Gasteiger partial charge in [0.1, 0.15) is 5.82 Å². The fourth-order valence-corrected chi connectivity index (χ4v) is 3.96. The molecule has 0 saturated heterocycles. The molecule has 1 atom stereocenters. The SMILES string of the molecule is CC1CC(C)(C)N(C)c2cc(F)c(/C=N/NC(=O)Cc3cccc(C(F)(F)F)c3)cc21. The molecule has 4 nitrogen and oxygen atoms in total. The van der Waals surface area contributed by atoms with E-state index in [0.29, 0.717) is 0 Å². The van der Waals surface area contributed by atoms with Crippen LogP contribution in [0.1, 0.15) is 55.4 Å². The number of nitrogens with one attached hydrogen (secondary N) is 1. The number of amides is 1. The van der Waals surface area contributed by atoms with E-state index >= 15 is 0 Å². The van der Waals surface area contributed by atoms with Crippen LogP contribution in [0, 0.1) is 5.82 Å². The largest absolute Gasteiger partial charge is 0.416 e. The van der Waals surface area contributed by atoms with Crippen LogP contribution < -0.4 is 10.3 Å². The lowest BCUT2D eigenvalue weighted by Crippen LogP contribution is -2.45. The first-order chi connectivity index (χ1) is 14.4. The number of halogens is 4. The Labute approximate surface area is 178 Å². The van der Waals surface area contributed by atoms with Crippen LogP contribution in [-0.2, 0) is 17.4 Å². The summed E-state index contributed by atoms with van der Waals surface area (Å²) in [5.74, 6) is -0.834. The number of alkyl halides is 3. The minimum atomic E-state index is -4.48. The number of rotatable bonds is 4. The summed E-state index contributed by atoms with van der Waals surface area (Å²) in [6, 6.07) is 7.74. The fourth-order valence-electron chi connectivity index (χ4n) is 3.96. The van der Waals surface area contributed by atoms with Gasteiger partial charge in [-0.2, -0.15) is 18.3 Å². The van der Waals surface area contributed by atoms with Crippen LogP contribution in [-0.4, -0.2) is 24.7 Å². The smallest absolute Gasteiger partial charge is 0.369 e. The molecule has 0 bridgehead atoms. The van der Waals surface area contributed by atoms with Crippen LogP contribution in [0.5, 0.6) is 0 Å². The van der Waals surface area contributed by atoms with Gasteiger partial charge in [0.05, 0.1) is 18.2 Å². The third-order valence-corrected chi connectivity index (χ3v) is 5.76. The molecule has 8 heteroatoms. The second-order valence-electron chi connectivity index (χ2n) is 8.58. The van der Waals surface area contributed by atoms with Crippen LogP contribution in [0.3, 0.4) is 0 Å². The van der Waals surface area contributed by atoms with Crippen LogP contribution >= 0.6 is 0 Å². The molecule has 0 aromatic heterocycles. The predicted octanol–water partition coefficient (Wildman–Crippen LogP) is 5.26. The molecule has 166 valence electrons. The Morgan fingerprint density at radius 3 is 2.68 bits per heavy atom. The molecule has 3 rings (SSSR count). The number of nitrogens with zero attached hydrogens (tertiary/aromatic N) is 2. The molecule has 2 aromatic carbocycles. The molecule has 1 aliphatic heterocycles. The number of fused-ring (bicyclic) bond motifs is 1. The summed E-state index contributed by atoms with van der Waals surface area (Å²) in [5.41, 5.74) is 3.61. The quantitative estimate of drug-likeness (QED) is 0.405. The maximum Gasteiger partial charge on any atom is 0.416 e. The molecular formula is C23H25F4N3O. The molecule has 1 N–H and O–H groups in total. The average Bonchev–Trinajstić information content (AvgIpc) is 2.66. The predicted molar refractivity (Wildman–Crippen MR) is 113 cm³/mol. The molecule has 0 saturated carbocycles. The Morgan fingerprint density at radius 1 is 1.29 bits per heavy atom. The number of hydrogen-bond donors (Lipinski definition) is 1. The highest BCUT2D eigenvalue weighted by atomic mass is 19.4. The van der Waals surface area contributed by atoms with Crippen molar-refractivity contribution in [1.82, 2.24) is 5.43 Å². The van der Waals surface area contributed by atoms with Gasteiger partial charge in [0.15, 0.2) is 0 Å². The van der Waals surface area contributed by atoms with Crippen LogP contribution in [0.2, 0.25) is 0 Å². The Morgan fingerprint density at radius 2 is 2.00 bits per heavy atom. The first-order valence-corrected chi connectivity index (χ1v) is 9.94. The minimum Gasteiger partial charge on any atom is -0.369 e. The lowest BCUT2D eigenvalue weighted by Gasteiger charge is -2.45. The van der Waals surface area contributed by atoms with Crippen LogP contribution in [0.25, 0.3) is 0 Å². The van der Waals surface area contributed by atoms with Gasteiger partial charge >= 0.3 is 6.18 Å². The summed E-state index contributed by atoms with van der Waals surface area (Å²) in [6.07, 6.45) is -2.63. The summed E-state index contributed by atoms with van der Waals surface area (Å²) in [6.45, 7) is 6.31. The molecule has 31 heavy (non-hydrogen) atoms. The van der Waals surface area contributed by atoms with Gasteiger partial charge in [0.2, 0.25) is 5.91 Å². The monoisotopic (exact) mass is 435 g/mol. The van der Waals surface area contributed by atoms with Crippen LogP contribution in [0.4, 0.5) is 23.2 Å². The number of anilines is 1. The molecule has 2 aromatic rings. The van der Waals surface area contributed by atoms with Crippen molar-refractivity contribution in [3.05, 3.63) is 64.5 Å². The second kappa shape index (κ2) is 8.32. The topological polar surface area (TPSA) is 44.7 Å². The highest BCUT2D eigenvalue weighted by Gasteiger charge is 2.34. The van der Waals surface area contributed by atoms with Gasteiger partial charge in [-0.3, -0.25) is 4.79 Å². The number of carbonyl (C=O) groups excluding carboxylic acids is 1. The van der Waals surface area contributed by atoms with Gasteiger partial charge < -0.3 is 4.90 Å². The summed E-state index contributed by atoms with van der Waals surface area (Å²) < 4.78 is 53.0. The molecular weight excluding hydrogens is 410 g/mol. The number of hydrazone groups is 1. The van der Waals surface area contributed by atoms with Gasteiger partial charge in [-0.15, -0.1) is 0 Å². The highest BCUT2D eigenvalue weighted by molar-refractivity contribution is 5.84. The molecule has 1 aliphatic rings. The number of benzene rings is 2. The maximum atomic E-state index is 14.6. The van der Waals surface area contributed by atoms with Crippen molar-refractivity contribution >= 4 is 17.8 Å². The van der Waals surface area contributed by atoms with Crippen molar-refractivity contribution in [3.63, 3.8) is 0 Å². The van der Waals surface area contributed by atoms with Crippen molar-refractivity contribution in [2.45, 2.75) is 51.2 Å². The fraction of sp³-hybridized carbons (Fsp3) is 0.391. The standard InChI is InChI=1S/C23H25F4N3O/c1-14-12-22(2,3)30(4)20-11-19(24)16(10-18(14)20)13-28-29-21(31)9-15-6-5-7-17(8-15)23(25,26)27/h5-8,10-11,13-14H,9,12H2,1-4H3,(H,29,31)/b28-13+. The van der Waals surface area contributed by atoms with Gasteiger partial charge in [-0.1, -0.05) is 25.1 Å². The van der Waals surface area contributed by atoms with E-state index in [9.17, 15) is 22.4 Å². The van der Waals surface area contributed by atoms with E-state index in [1.807, 2.05) is 7.05 Å². The van der Waals surface area contributed by atoms with Crippen molar-refractivity contribution in [1.29, 1.82) is 0 Å². The van der Waals surface area contributed by atoms with Gasteiger partial charge in [0.25, 0.3) is 0 Å². The average molecular weight is 435 g/mol. The lowest BCUT2D eigenvalue weighted by atomic mass is 9.80. The third kappa shape index (κ3) is 5.06. The first kappa shape index (κ1) is 22.8. The van der Waals surface area contributed by atoms with Crippen molar-refractivity contribution in [2.75, 3.05) is 11.9 Å². The Kier molecular flexibility index (Phi) is 6.11. The Bertz CT molecular complexity index is 1010. The van der Waals surface area contributed by atoms with E-state index < -0.39 is 23.5 Å². The molecule has 0 aliphatic carbocycles. The zero-order valence-electron chi connectivity index (χ0n) is 17.8. The van der Waals surface area contributed by atoms with E-state index in [4.69, 9.17) is 0 Å². The second-order valence-corrected chi connectivity index (χ2v) is 8.58. The molecule has 1 heterocycles. The summed E-state index contributed by atoms with van der Waals surface area (Å²) >= 11 is 0. The van der Waals surface area contributed by atoms with E-state index in [1.54, 1.807) is 6.07 Å². The zero-order chi connectivity index (χ0) is 23.0. The van der Waals surface area contributed by atoms with Crippen molar-refractivity contribution < 1.29 is 22.4 Å². The molecule has 1 amide bonds. The lowest BCUT2D eigenvalue weighted by molar-refractivity contribution is -0.137. The summed E-state index contributed by atoms with van der Waals surface area (Å²) in [5, 5.41) is 3.79.